The zero-order valence-electron chi connectivity index (χ0n) is 10.9. The maximum Gasteiger partial charge on any atom is 0.128 e. The second-order valence-electron chi connectivity index (χ2n) is 5.36. The quantitative estimate of drug-likeness (QED) is 0.873. The number of pyridine rings is 1. The number of hydrogen-bond donors (Lipinski definition) is 1. The predicted octanol–water partition coefficient (Wildman–Crippen LogP) is 2.62. The Morgan fingerprint density at radius 3 is 2.59 bits per heavy atom. The second kappa shape index (κ2) is 5.05. The van der Waals surface area contributed by atoms with E-state index in [4.69, 9.17) is 0 Å². The van der Waals surface area contributed by atoms with Crippen molar-refractivity contribution in [3.8, 4) is 0 Å². The van der Waals surface area contributed by atoms with Crippen LogP contribution < -0.4 is 4.90 Å². The Labute approximate surface area is 103 Å². The summed E-state index contributed by atoms with van der Waals surface area (Å²) in [4.78, 5) is 6.79. The molecule has 3 heteroatoms. The smallest absolute Gasteiger partial charge is 0.128 e. The molecule has 2 heterocycles. The molecular weight excluding hydrogens is 212 g/mol. The van der Waals surface area contributed by atoms with Gasteiger partial charge in [0, 0.05) is 19.3 Å². The SMILES string of the molecule is CC(O)c1ccc(N2CCC(C(C)C)C2)nc1. The molecule has 0 radical (unpaired) electrons. The fourth-order valence-corrected chi connectivity index (χ4v) is 2.37. The van der Waals surface area contributed by atoms with E-state index in [0.717, 1.165) is 36.3 Å². The Morgan fingerprint density at radius 2 is 2.12 bits per heavy atom. The van der Waals surface area contributed by atoms with E-state index in [0.29, 0.717) is 0 Å². The Kier molecular flexibility index (Phi) is 3.67. The molecule has 0 spiro atoms. The van der Waals surface area contributed by atoms with E-state index in [1.807, 2.05) is 12.1 Å². The molecule has 1 N–H and O–H groups in total. The van der Waals surface area contributed by atoms with Gasteiger partial charge in [0.1, 0.15) is 5.82 Å². The van der Waals surface area contributed by atoms with Crippen LogP contribution in [0.4, 0.5) is 5.82 Å². The number of aliphatic hydroxyl groups is 1. The molecule has 17 heavy (non-hydrogen) atoms. The van der Waals surface area contributed by atoms with Gasteiger partial charge in [-0.25, -0.2) is 4.98 Å². The zero-order chi connectivity index (χ0) is 12.4. The van der Waals surface area contributed by atoms with E-state index in [1.54, 1.807) is 13.1 Å². The monoisotopic (exact) mass is 234 g/mol. The summed E-state index contributed by atoms with van der Waals surface area (Å²) in [5, 5.41) is 9.44. The van der Waals surface area contributed by atoms with Crippen LogP contribution in [0.25, 0.3) is 0 Å². The summed E-state index contributed by atoms with van der Waals surface area (Å²) in [5.41, 5.74) is 0.883. The van der Waals surface area contributed by atoms with Gasteiger partial charge in [-0.1, -0.05) is 19.9 Å². The highest BCUT2D eigenvalue weighted by molar-refractivity contribution is 5.40. The van der Waals surface area contributed by atoms with E-state index >= 15 is 0 Å². The maximum absolute atomic E-state index is 9.44. The summed E-state index contributed by atoms with van der Waals surface area (Å²) in [6.07, 6.45) is 2.61. The fourth-order valence-electron chi connectivity index (χ4n) is 2.37. The number of rotatable bonds is 3. The van der Waals surface area contributed by atoms with E-state index < -0.39 is 6.10 Å². The summed E-state index contributed by atoms with van der Waals surface area (Å²) >= 11 is 0. The third-order valence-electron chi connectivity index (χ3n) is 3.74. The largest absolute Gasteiger partial charge is 0.389 e. The van der Waals surface area contributed by atoms with Crippen molar-refractivity contribution in [1.82, 2.24) is 4.98 Å². The molecule has 0 amide bonds. The lowest BCUT2D eigenvalue weighted by molar-refractivity contribution is 0.199. The third kappa shape index (κ3) is 2.78. The van der Waals surface area contributed by atoms with Crippen molar-refractivity contribution in [3.63, 3.8) is 0 Å². The van der Waals surface area contributed by atoms with E-state index in [2.05, 4.69) is 23.7 Å². The molecule has 94 valence electrons. The van der Waals surface area contributed by atoms with Crippen molar-refractivity contribution in [3.05, 3.63) is 23.9 Å². The molecule has 1 aromatic heterocycles. The molecule has 0 aromatic carbocycles. The minimum Gasteiger partial charge on any atom is -0.389 e. The molecule has 1 fully saturated rings. The lowest BCUT2D eigenvalue weighted by Crippen LogP contribution is -2.22. The number of anilines is 1. The highest BCUT2D eigenvalue weighted by atomic mass is 16.3. The summed E-state index contributed by atoms with van der Waals surface area (Å²) in [6, 6.07) is 3.99. The third-order valence-corrected chi connectivity index (χ3v) is 3.74. The van der Waals surface area contributed by atoms with Gasteiger partial charge >= 0.3 is 0 Å². The summed E-state index contributed by atoms with van der Waals surface area (Å²) in [5.74, 6) is 2.57. The summed E-state index contributed by atoms with van der Waals surface area (Å²) < 4.78 is 0. The Morgan fingerprint density at radius 1 is 1.35 bits per heavy atom. The molecule has 1 aromatic rings. The lowest BCUT2D eigenvalue weighted by atomic mass is 9.95. The molecule has 1 aliphatic heterocycles. The van der Waals surface area contributed by atoms with Crippen molar-refractivity contribution >= 4 is 5.82 Å². The molecule has 2 atom stereocenters. The number of nitrogens with zero attached hydrogens (tertiary/aromatic N) is 2. The first-order valence-corrected chi connectivity index (χ1v) is 6.47. The van der Waals surface area contributed by atoms with Crippen molar-refractivity contribution in [1.29, 1.82) is 0 Å². The van der Waals surface area contributed by atoms with E-state index in [9.17, 15) is 5.11 Å². The zero-order valence-corrected chi connectivity index (χ0v) is 10.9. The average molecular weight is 234 g/mol. The minimum atomic E-state index is -0.432. The molecule has 2 unspecified atom stereocenters. The van der Waals surface area contributed by atoms with Gasteiger partial charge in [0.25, 0.3) is 0 Å². The van der Waals surface area contributed by atoms with Crippen LogP contribution >= 0.6 is 0 Å². The summed E-state index contributed by atoms with van der Waals surface area (Å²) in [6.45, 7) is 8.56. The number of aromatic nitrogens is 1. The highest BCUT2D eigenvalue weighted by Gasteiger charge is 2.25. The average Bonchev–Trinajstić information content (AvgIpc) is 2.78. The minimum absolute atomic E-state index is 0.432. The number of hydrogen-bond acceptors (Lipinski definition) is 3. The van der Waals surface area contributed by atoms with Gasteiger partial charge in [-0.3, -0.25) is 0 Å². The molecule has 1 aliphatic rings. The van der Waals surface area contributed by atoms with Crippen LogP contribution in [-0.2, 0) is 0 Å². The highest BCUT2D eigenvalue weighted by Crippen LogP contribution is 2.27. The maximum atomic E-state index is 9.44. The van der Waals surface area contributed by atoms with Crippen molar-refractivity contribution in [2.75, 3.05) is 18.0 Å². The number of aliphatic hydroxyl groups excluding tert-OH is 1. The molecular formula is C14H22N2O. The fraction of sp³-hybridized carbons (Fsp3) is 0.643. The van der Waals surface area contributed by atoms with Crippen LogP contribution in [-0.4, -0.2) is 23.2 Å². The normalized spacial score (nSPS) is 22.2. The van der Waals surface area contributed by atoms with Crippen LogP contribution in [0, 0.1) is 11.8 Å². The van der Waals surface area contributed by atoms with E-state index in [-0.39, 0.29) is 0 Å². The van der Waals surface area contributed by atoms with E-state index in [1.165, 1.54) is 6.42 Å². The first kappa shape index (κ1) is 12.4. The van der Waals surface area contributed by atoms with Crippen molar-refractivity contribution < 1.29 is 5.11 Å². The van der Waals surface area contributed by atoms with Gasteiger partial charge in [-0.05, 0) is 36.8 Å². The predicted molar refractivity (Wildman–Crippen MR) is 70.0 cm³/mol. The molecule has 2 rings (SSSR count). The van der Waals surface area contributed by atoms with Gasteiger partial charge in [0.2, 0.25) is 0 Å². The van der Waals surface area contributed by atoms with Gasteiger partial charge in [0.15, 0.2) is 0 Å². The van der Waals surface area contributed by atoms with Gasteiger partial charge in [-0.15, -0.1) is 0 Å². The first-order chi connectivity index (χ1) is 8.08. The molecule has 3 nitrogen and oxygen atoms in total. The molecule has 0 aliphatic carbocycles. The topological polar surface area (TPSA) is 36.4 Å². The van der Waals surface area contributed by atoms with Crippen LogP contribution in [0.5, 0.6) is 0 Å². The standard InChI is InChI=1S/C14H22N2O/c1-10(2)13-6-7-16(9-13)14-5-4-12(8-15-14)11(3)17/h4-5,8,10-11,13,17H,6-7,9H2,1-3H3. The van der Waals surface area contributed by atoms with Gasteiger partial charge in [-0.2, -0.15) is 0 Å². The van der Waals surface area contributed by atoms with Gasteiger partial charge < -0.3 is 10.0 Å². The van der Waals surface area contributed by atoms with Crippen molar-refractivity contribution in [2.24, 2.45) is 11.8 Å². The molecule has 1 saturated heterocycles. The molecule has 0 bridgehead atoms. The van der Waals surface area contributed by atoms with Crippen LogP contribution in [0.3, 0.4) is 0 Å². The Bertz CT molecular complexity index is 359. The first-order valence-electron chi connectivity index (χ1n) is 6.47. The Hall–Kier alpha value is -1.09. The van der Waals surface area contributed by atoms with Crippen molar-refractivity contribution in [2.45, 2.75) is 33.3 Å². The van der Waals surface area contributed by atoms with Gasteiger partial charge in [0.05, 0.1) is 6.10 Å². The summed E-state index contributed by atoms with van der Waals surface area (Å²) in [7, 11) is 0. The van der Waals surface area contributed by atoms with Crippen LogP contribution in [0.1, 0.15) is 38.9 Å². The van der Waals surface area contributed by atoms with Crippen LogP contribution in [0.2, 0.25) is 0 Å². The molecule has 0 saturated carbocycles. The lowest BCUT2D eigenvalue weighted by Gasteiger charge is -2.19. The Balaban J connectivity index is 2.04. The second-order valence-corrected chi connectivity index (χ2v) is 5.36. The van der Waals surface area contributed by atoms with Crippen LogP contribution in [0.15, 0.2) is 18.3 Å².